The summed E-state index contributed by atoms with van der Waals surface area (Å²) in [4.78, 5) is 4.34. The molecule has 0 spiro atoms. The molecule has 0 saturated carbocycles. The molecule has 0 aliphatic carbocycles. The highest BCUT2D eigenvalue weighted by molar-refractivity contribution is 5.79. The Kier molecular flexibility index (Phi) is 2.69. The molecule has 2 unspecified atom stereocenters. The predicted molar refractivity (Wildman–Crippen MR) is 63.8 cm³/mol. The molecule has 0 bridgehead atoms. The zero-order chi connectivity index (χ0) is 10.8. The molecule has 2 nitrogen and oxygen atoms in total. The standard InChI is InChI=1S/C13H16N2/c1-9(10(2)14)12-6-5-11-4-3-7-15-13(11)8-12/h3-10H,14H2,1-2H3. The van der Waals surface area contributed by atoms with Crippen LogP contribution in [0.5, 0.6) is 0 Å². The normalized spacial score (nSPS) is 15.1. The van der Waals surface area contributed by atoms with Gasteiger partial charge in [0.05, 0.1) is 5.52 Å². The van der Waals surface area contributed by atoms with E-state index in [0.29, 0.717) is 5.92 Å². The van der Waals surface area contributed by atoms with Gasteiger partial charge in [0.15, 0.2) is 0 Å². The quantitative estimate of drug-likeness (QED) is 0.809. The molecule has 0 radical (unpaired) electrons. The molecule has 2 N–H and O–H groups in total. The lowest BCUT2D eigenvalue weighted by Crippen LogP contribution is -2.22. The second kappa shape index (κ2) is 3.99. The van der Waals surface area contributed by atoms with Crippen LogP contribution in [0.2, 0.25) is 0 Å². The number of pyridine rings is 1. The molecule has 1 aromatic carbocycles. The first kappa shape index (κ1) is 10.1. The Morgan fingerprint density at radius 3 is 2.73 bits per heavy atom. The summed E-state index contributed by atoms with van der Waals surface area (Å²) in [6, 6.07) is 10.6. The lowest BCUT2D eigenvalue weighted by atomic mass is 9.94. The van der Waals surface area contributed by atoms with Crippen LogP contribution in [0, 0.1) is 0 Å². The Labute approximate surface area is 90.1 Å². The van der Waals surface area contributed by atoms with Crippen molar-refractivity contribution in [1.82, 2.24) is 4.98 Å². The van der Waals surface area contributed by atoms with E-state index < -0.39 is 0 Å². The van der Waals surface area contributed by atoms with E-state index in [4.69, 9.17) is 5.73 Å². The van der Waals surface area contributed by atoms with Gasteiger partial charge in [-0.25, -0.2) is 0 Å². The molecular weight excluding hydrogens is 184 g/mol. The average molecular weight is 200 g/mol. The monoisotopic (exact) mass is 200 g/mol. The zero-order valence-electron chi connectivity index (χ0n) is 9.14. The van der Waals surface area contributed by atoms with Crippen LogP contribution in [-0.2, 0) is 0 Å². The minimum absolute atomic E-state index is 0.172. The number of hydrogen-bond acceptors (Lipinski definition) is 2. The van der Waals surface area contributed by atoms with E-state index in [9.17, 15) is 0 Å². The smallest absolute Gasteiger partial charge is 0.0704 e. The molecule has 78 valence electrons. The summed E-state index contributed by atoms with van der Waals surface area (Å²) in [5, 5.41) is 1.18. The lowest BCUT2D eigenvalue weighted by Gasteiger charge is -2.16. The summed E-state index contributed by atoms with van der Waals surface area (Å²) >= 11 is 0. The highest BCUT2D eigenvalue weighted by atomic mass is 14.6. The zero-order valence-corrected chi connectivity index (χ0v) is 9.14. The summed E-state index contributed by atoms with van der Waals surface area (Å²) in [5.74, 6) is 0.372. The van der Waals surface area contributed by atoms with Crippen LogP contribution >= 0.6 is 0 Å². The number of aromatic nitrogens is 1. The van der Waals surface area contributed by atoms with Crippen molar-refractivity contribution in [3.63, 3.8) is 0 Å². The maximum absolute atomic E-state index is 5.89. The van der Waals surface area contributed by atoms with Gasteiger partial charge < -0.3 is 5.73 Å². The Hall–Kier alpha value is -1.41. The molecule has 1 aromatic heterocycles. The van der Waals surface area contributed by atoms with E-state index in [1.807, 2.05) is 19.2 Å². The molecule has 0 aliphatic rings. The Bertz CT molecular complexity index is 463. The van der Waals surface area contributed by atoms with E-state index in [1.165, 1.54) is 10.9 Å². The number of benzene rings is 1. The van der Waals surface area contributed by atoms with Crippen LogP contribution in [0.4, 0.5) is 0 Å². The van der Waals surface area contributed by atoms with Gasteiger partial charge in [0, 0.05) is 17.6 Å². The van der Waals surface area contributed by atoms with Crippen LogP contribution in [-0.4, -0.2) is 11.0 Å². The molecule has 2 aromatic rings. The third-order valence-electron chi connectivity index (χ3n) is 2.94. The Morgan fingerprint density at radius 1 is 1.20 bits per heavy atom. The van der Waals surface area contributed by atoms with Crippen LogP contribution in [0.1, 0.15) is 25.3 Å². The fourth-order valence-electron chi connectivity index (χ4n) is 1.67. The highest BCUT2D eigenvalue weighted by Gasteiger charge is 2.10. The summed E-state index contributed by atoms with van der Waals surface area (Å²) in [6.45, 7) is 4.18. The molecule has 15 heavy (non-hydrogen) atoms. The minimum Gasteiger partial charge on any atom is -0.327 e. The second-order valence-electron chi connectivity index (χ2n) is 4.10. The van der Waals surface area contributed by atoms with Gasteiger partial charge in [-0.15, -0.1) is 0 Å². The molecule has 0 saturated heterocycles. The number of nitrogens with zero attached hydrogens (tertiary/aromatic N) is 1. The number of hydrogen-bond donors (Lipinski definition) is 1. The summed E-state index contributed by atoms with van der Waals surface area (Å²) in [6.07, 6.45) is 1.82. The number of rotatable bonds is 2. The first-order valence-corrected chi connectivity index (χ1v) is 5.29. The van der Waals surface area contributed by atoms with E-state index in [2.05, 4.69) is 36.2 Å². The molecule has 0 fully saturated rings. The van der Waals surface area contributed by atoms with Gasteiger partial charge in [-0.05, 0) is 30.5 Å². The van der Waals surface area contributed by atoms with Crippen molar-refractivity contribution in [2.75, 3.05) is 0 Å². The van der Waals surface area contributed by atoms with Gasteiger partial charge in [0.25, 0.3) is 0 Å². The lowest BCUT2D eigenvalue weighted by molar-refractivity contribution is 0.613. The van der Waals surface area contributed by atoms with Crippen molar-refractivity contribution in [2.45, 2.75) is 25.8 Å². The van der Waals surface area contributed by atoms with E-state index >= 15 is 0 Å². The van der Waals surface area contributed by atoms with Gasteiger partial charge in [0.2, 0.25) is 0 Å². The minimum atomic E-state index is 0.172. The van der Waals surface area contributed by atoms with Crippen molar-refractivity contribution in [1.29, 1.82) is 0 Å². The Balaban J connectivity index is 2.47. The molecule has 2 atom stereocenters. The molecular formula is C13H16N2. The molecule has 0 amide bonds. The molecule has 1 heterocycles. The van der Waals surface area contributed by atoms with Gasteiger partial charge >= 0.3 is 0 Å². The van der Waals surface area contributed by atoms with Crippen LogP contribution in [0.15, 0.2) is 36.5 Å². The third-order valence-corrected chi connectivity index (χ3v) is 2.94. The van der Waals surface area contributed by atoms with Gasteiger partial charge in [-0.2, -0.15) is 0 Å². The van der Waals surface area contributed by atoms with Crippen LogP contribution in [0.3, 0.4) is 0 Å². The number of fused-ring (bicyclic) bond motifs is 1. The maximum atomic E-state index is 5.89. The third kappa shape index (κ3) is 2.00. The van der Waals surface area contributed by atoms with Gasteiger partial charge in [-0.3, -0.25) is 4.98 Å². The van der Waals surface area contributed by atoms with Gasteiger partial charge in [-0.1, -0.05) is 25.1 Å². The molecule has 2 heteroatoms. The Morgan fingerprint density at radius 2 is 2.00 bits per heavy atom. The first-order chi connectivity index (χ1) is 7.18. The van der Waals surface area contributed by atoms with Crippen LogP contribution < -0.4 is 5.73 Å². The van der Waals surface area contributed by atoms with E-state index in [1.54, 1.807) is 0 Å². The van der Waals surface area contributed by atoms with Crippen molar-refractivity contribution in [3.8, 4) is 0 Å². The van der Waals surface area contributed by atoms with Gasteiger partial charge in [0.1, 0.15) is 0 Å². The van der Waals surface area contributed by atoms with Crippen molar-refractivity contribution in [3.05, 3.63) is 42.1 Å². The van der Waals surface area contributed by atoms with Crippen molar-refractivity contribution in [2.24, 2.45) is 5.73 Å². The average Bonchev–Trinajstić information content (AvgIpc) is 2.27. The first-order valence-electron chi connectivity index (χ1n) is 5.29. The van der Waals surface area contributed by atoms with E-state index in [0.717, 1.165) is 5.52 Å². The number of nitrogens with two attached hydrogens (primary N) is 1. The topological polar surface area (TPSA) is 38.9 Å². The summed E-state index contributed by atoms with van der Waals surface area (Å²) < 4.78 is 0. The second-order valence-corrected chi connectivity index (χ2v) is 4.10. The summed E-state index contributed by atoms with van der Waals surface area (Å²) in [7, 11) is 0. The van der Waals surface area contributed by atoms with E-state index in [-0.39, 0.29) is 6.04 Å². The van der Waals surface area contributed by atoms with Crippen molar-refractivity contribution < 1.29 is 0 Å². The fraction of sp³-hybridized carbons (Fsp3) is 0.308. The predicted octanol–water partition coefficient (Wildman–Crippen LogP) is 2.69. The SMILES string of the molecule is CC(N)C(C)c1ccc2cccnc2c1. The maximum Gasteiger partial charge on any atom is 0.0704 e. The molecule has 0 aliphatic heterocycles. The van der Waals surface area contributed by atoms with Crippen LogP contribution in [0.25, 0.3) is 10.9 Å². The fourth-order valence-corrected chi connectivity index (χ4v) is 1.67. The molecule has 2 rings (SSSR count). The van der Waals surface area contributed by atoms with Crippen molar-refractivity contribution >= 4 is 10.9 Å². The summed E-state index contributed by atoms with van der Waals surface area (Å²) in [5.41, 5.74) is 8.20. The highest BCUT2D eigenvalue weighted by Crippen LogP contribution is 2.21. The largest absolute Gasteiger partial charge is 0.327 e.